The molecule has 3 aromatic rings. The molecule has 8 heteroatoms. The van der Waals surface area contributed by atoms with Crippen LogP contribution >= 0.6 is 0 Å². The summed E-state index contributed by atoms with van der Waals surface area (Å²) in [6.07, 6.45) is 3.81. The van der Waals surface area contributed by atoms with Crippen molar-refractivity contribution >= 4 is 11.6 Å². The first-order chi connectivity index (χ1) is 12.6. The number of carbonyl (C=O) groups is 1. The lowest BCUT2D eigenvalue weighted by Gasteiger charge is -2.17. The lowest BCUT2D eigenvalue weighted by molar-refractivity contribution is -0.119. The van der Waals surface area contributed by atoms with E-state index in [1.165, 1.54) is 0 Å². The third-order valence-electron chi connectivity index (χ3n) is 4.69. The second-order valence-electron chi connectivity index (χ2n) is 6.63. The highest BCUT2D eigenvalue weighted by atomic mass is 16.1. The molecular weight excluding hydrogens is 330 g/mol. The fourth-order valence-corrected chi connectivity index (χ4v) is 3.38. The highest BCUT2D eigenvalue weighted by Crippen LogP contribution is 2.29. The maximum absolute atomic E-state index is 12.8. The maximum atomic E-state index is 12.8. The molecule has 1 fully saturated rings. The van der Waals surface area contributed by atoms with Crippen LogP contribution in [0.5, 0.6) is 0 Å². The Morgan fingerprint density at radius 2 is 2.23 bits per heavy atom. The van der Waals surface area contributed by atoms with Crippen molar-refractivity contribution in [1.29, 1.82) is 0 Å². The minimum atomic E-state index is -0.131. The molecule has 0 bridgehead atoms. The van der Waals surface area contributed by atoms with Crippen molar-refractivity contribution in [2.75, 3.05) is 18.4 Å². The van der Waals surface area contributed by atoms with Crippen LogP contribution in [0.25, 0.3) is 11.4 Å². The molecule has 0 unspecified atom stereocenters. The molecule has 1 amide bonds. The van der Waals surface area contributed by atoms with Gasteiger partial charge in [-0.1, -0.05) is 12.1 Å². The number of nitrogens with one attached hydrogen (secondary N) is 3. The van der Waals surface area contributed by atoms with Crippen LogP contribution in [0.3, 0.4) is 0 Å². The van der Waals surface area contributed by atoms with Gasteiger partial charge >= 0.3 is 0 Å². The van der Waals surface area contributed by atoms with Gasteiger partial charge in [-0.2, -0.15) is 10.2 Å². The molecule has 3 heterocycles. The van der Waals surface area contributed by atoms with Gasteiger partial charge in [0.1, 0.15) is 5.82 Å². The lowest BCUT2D eigenvalue weighted by Crippen LogP contribution is -2.28. The number of benzene rings is 1. The smallest absolute Gasteiger partial charge is 0.229 e. The van der Waals surface area contributed by atoms with Gasteiger partial charge < -0.3 is 10.6 Å². The van der Waals surface area contributed by atoms with E-state index in [4.69, 9.17) is 0 Å². The van der Waals surface area contributed by atoms with E-state index >= 15 is 0 Å². The van der Waals surface area contributed by atoms with E-state index in [0.29, 0.717) is 12.4 Å². The number of aromatic amines is 1. The van der Waals surface area contributed by atoms with Crippen molar-refractivity contribution in [3.05, 3.63) is 48.0 Å². The Bertz CT molecular complexity index is 929. The number of nitrogens with zero attached hydrogens (tertiary/aromatic N) is 4. The number of carbonyl (C=O) groups excluding carboxylic acids is 1. The van der Waals surface area contributed by atoms with Crippen LogP contribution in [0.2, 0.25) is 0 Å². The molecule has 1 aromatic carbocycles. The average molecular weight is 351 g/mol. The summed E-state index contributed by atoms with van der Waals surface area (Å²) in [7, 11) is 1.89. The molecule has 1 saturated heterocycles. The molecule has 1 aliphatic rings. The highest BCUT2D eigenvalue weighted by molar-refractivity contribution is 5.94. The van der Waals surface area contributed by atoms with Crippen LogP contribution in [-0.2, 0) is 11.8 Å². The molecule has 1 aliphatic heterocycles. The van der Waals surface area contributed by atoms with Crippen LogP contribution < -0.4 is 10.6 Å². The summed E-state index contributed by atoms with van der Waals surface area (Å²) in [5.41, 5.74) is 2.69. The van der Waals surface area contributed by atoms with E-state index in [0.717, 1.165) is 29.2 Å². The number of hydrogen-bond donors (Lipinski definition) is 3. The van der Waals surface area contributed by atoms with Gasteiger partial charge in [0.25, 0.3) is 0 Å². The van der Waals surface area contributed by atoms with E-state index in [1.807, 2.05) is 50.6 Å². The van der Waals surface area contributed by atoms with Gasteiger partial charge in [0.2, 0.25) is 5.91 Å². The molecule has 134 valence electrons. The van der Waals surface area contributed by atoms with Gasteiger partial charge in [0.15, 0.2) is 5.82 Å². The van der Waals surface area contributed by atoms with Gasteiger partial charge in [-0.3, -0.25) is 14.6 Å². The topological polar surface area (TPSA) is 101 Å². The Balaban J connectivity index is 1.51. The molecule has 0 radical (unpaired) electrons. The summed E-state index contributed by atoms with van der Waals surface area (Å²) < 4.78 is 1.77. The van der Waals surface area contributed by atoms with E-state index < -0.39 is 0 Å². The predicted octanol–water partition coefficient (Wildman–Crippen LogP) is 1.46. The van der Waals surface area contributed by atoms with Gasteiger partial charge in [-0.25, -0.2) is 4.98 Å². The fourth-order valence-electron chi connectivity index (χ4n) is 3.38. The standard InChI is InChI=1S/C18H21N7O/c1-11-21-17(24-23-11)12-4-3-5-14(6-12)22-18(26)16-9-19-8-15(16)13-7-20-25(2)10-13/h3-7,10,15-16,19H,8-9H2,1-2H3,(H,22,26)(H,21,23,24)/t15-,16+/m1/s1. The number of anilines is 1. The van der Waals surface area contributed by atoms with Gasteiger partial charge in [-0.15, -0.1) is 0 Å². The molecule has 0 saturated carbocycles. The number of rotatable bonds is 4. The quantitative estimate of drug-likeness (QED) is 0.661. The molecule has 2 aromatic heterocycles. The van der Waals surface area contributed by atoms with Crippen LogP contribution in [0.4, 0.5) is 5.69 Å². The predicted molar refractivity (Wildman–Crippen MR) is 97.5 cm³/mol. The molecule has 8 nitrogen and oxygen atoms in total. The van der Waals surface area contributed by atoms with E-state index in [2.05, 4.69) is 30.9 Å². The highest BCUT2D eigenvalue weighted by Gasteiger charge is 2.34. The Morgan fingerprint density at radius 3 is 2.96 bits per heavy atom. The summed E-state index contributed by atoms with van der Waals surface area (Å²) in [6.45, 7) is 3.29. The van der Waals surface area contributed by atoms with Gasteiger partial charge in [0.05, 0.1) is 12.1 Å². The Labute approximate surface area is 151 Å². The van der Waals surface area contributed by atoms with Crippen LogP contribution in [0.15, 0.2) is 36.7 Å². The Morgan fingerprint density at radius 1 is 1.35 bits per heavy atom. The van der Waals surface area contributed by atoms with Gasteiger partial charge in [-0.05, 0) is 24.6 Å². The molecule has 0 spiro atoms. The minimum Gasteiger partial charge on any atom is -0.326 e. The second kappa shape index (κ2) is 6.72. The zero-order valence-electron chi connectivity index (χ0n) is 14.7. The zero-order valence-corrected chi connectivity index (χ0v) is 14.7. The normalized spacial score (nSPS) is 19.6. The van der Waals surface area contributed by atoms with Crippen LogP contribution in [0, 0.1) is 12.8 Å². The number of amides is 1. The number of hydrogen-bond acceptors (Lipinski definition) is 5. The van der Waals surface area contributed by atoms with Crippen molar-refractivity contribution in [1.82, 2.24) is 30.3 Å². The Hall–Kier alpha value is -3.00. The first-order valence-electron chi connectivity index (χ1n) is 8.60. The van der Waals surface area contributed by atoms with Gasteiger partial charge in [0, 0.05) is 43.5 Å². The number of aromatic nitrogens is 5. The molecule has 3 N–H and O–H groups in total. The summed E-state index contributed by atoms with van der Waals surface area (Å²) in [6, 6.07) is 7.58. The number of aryl methyl sites for hydroxylation is 2. The van der Waals surface area contributed by atoms with Crippen molar-refractivity contribution in [3.63, 3.8) is 0 Å². The summed E-state index contributed by atoms with van der Waals surface area (Å²) in [5.74, 6) is 1.38. The molecular formula is C18H21N7O. The molecule has 2 atom stereocenters. The molecule has 0 aliphatic carbocycles. The maximum Gasteiger partial charge on any atom is 0.229 e. The van der Waals surface area contributed by atoms with E-state index in [-0.39, 0.29) is 17.7 Å². The van der Waals surface area contributed by atoms with Crippen molar-refractivity contribution in [2.45, 2.75) is 12.8 Å². The molecule has 4 rings (SSSR count). The van der Waals surface area contributed by atoms with E-state index in [9.17, 15) is 4.79 Å². The van der Waals surface area contributed by atoms with Crippen molar-refractivity contribution < 1.29 is 4.79 Å². The third kappa shape index (κ3) is 3.23. The number of H-pyrrole nitrogens is 1. The minimum absolute atomic E-state index is 0.00664. The average Bonchev–Trinajstić information content (AvgIpc) is 3.35. The van der Waals surface area contributed by atoms with Crippen molar-refractivity contribution in [2.24, 2.45) is 13.0 Å². The third-order valence-corrected chi connectivity index (χ3v) is 4.69. The van der Waals surface area contributed by atoms with Crippen LogP contribution in [-0.4, -0.2) is 44.0 Å². The lowest BCUT2D eigenvalue weighted by atomic mass is 9.90. The first kappa shape index (κ1) is 16.5. The summed E-state index contributed by atoms with van der Waals surface area (Å²) in [4.78, 5) is 17.2. The van der Waals surface area contributed by atoms with Crippen molar-refractivity contribution in [3.8, 4) is 11.4 Å². The molecule has 26 heavy (non-hydrogen) atoms. The second-order valence-corrected chi connectivity index (χ2v) is 6.63. The SMILES string of the molecule is Cc1nc(-c2cccc(NC(=O)[C@H]3CNC[C@@H]3c3cnn(C)c3)c2)n[nH]1. The largest absolute Gasteiger partial charge is 0.326 e. The Kier molecular flexibility index (Phi) is 4.26. The summed E-state index contributed by atoms with van der Waals surface area (Å²) in [5, 5.41) is 17.6. The van der Waals surface area contributed by atoms with Crippen LogP contribution in [0.1, 0.15) is 17.3 Å². The first-order valence-corrected chi connectivity index (χ1v) is 8.60. The fraction of sp³-hybridized carbons (Fsp3) is 0.333. The zero-order chi connectivity index (χ0) is 18.1. The summed E-state index contributed by atoms with van der Waals surface area (Å²) >= 11 is 0. The monoisotopic (exact) mass is 351 g/mol. The van der Waals surface area contributed by atoms with E-state index in [1.54, 1.807) is 4.68 Å².